The Morgan fingerprint density at radius 3 is 2.55 bits per heavy atom. The summed E-state index contributed by atoms with van der Waals surface area (Å²) < 4.78 is 5.72. The Hall–Kier alpha value is -2.15. The quantitative estimate of drug-likeness (QED) is 0.667. The van der Waals surface area contributed by atoms with Crippen LogP contribution in [0.15, 0.2) is 18.2 Å². The zero-order chi connectivity index (χ0) is 14.3. The van der Waals surface area contributed by atoms with Crippen LogP contribution in [0.25, 0.3) is 0 Å². The number of benzene rings is 1. The van der Waals surface area contributed by atoms with Crippen LogP contribution in [-0.4, -0.2) is 41.3 Å². The zero-order valence-electron chi connectivity index (χ0n) is 10.7. The number of nitrogens with zero attached hydrogens (tertiary/aromatic N) is 2. The SMILES string of the molecule is O=C(O)c1cc(N2CC3CCC(C2)O3)ccc1[N+](=O)[O-]. The van der Waals surface area contributed by atoms with Gasteiger partial charge in [0.2, 0.25) is 0 Å². The number of morpholine rings is 1. The largest absolute Gasteiger partial charge is 0.477 e. The van der Waals surface area contributed by atoms with E-state index in [4.69, 9.17) is 9.84 Å². The highest BCUT2D eigenvalue weighted by molar-refractivity contribution is 5.93. The lowest BCUT2D eigenvalue weighted by atomic mass is 10.1. The van der Waals surface area contributed by atoms with Gasteiger partial charge in [-0.3, -0.25) is 10.1 Å². The minimum atomic E-state index is -1.28. The van der Waals surface area contributed by atoms with Crippen LogP contribution < -0.4 is 4.90 Å². The van der Waals surface area contributed by atoms with Gasteiger partial charge in [0.1, 0.15) is 5.56 Å². The molecule has 0 radical (unpaired) electrons. The molecule has 7 nitrogen and oxygen atoms in total. The van der Waals surface area contributed by atoms with Crippen LogP contribution >= 0.6 is 0 Å². The summed E-state index contributed by atoms with van der Waals surface area (Å²) in [5.74, 6) is -1.28. The van der Waals surface area contributed by atoms with E-state index in [9.17, 15) is 14.9 Å². The number of ether oxygens (including phenoxy) is 1. The van der Waals surface area contributed by atoms with Crippen molar-refractivity contribution in [2.24, 2.45) is 0 Å². The molecule has 106 valence electrons. The molecule has 20 heavy (non-hydrogen) atoms. The van der Waals surface area contributed by atoms with E-state index in [0.717, 1.165) is 12.8 Å². The molecule has 0 spiro atoms. The summed E-state index contributed by atoms with van der Waals surface area (Å²) in [6.07, 6.45) is 2.38. The Morgan fingerprint density at radius 2 is 2.00 bits per heavy atom. The minimum absolute atomic E-state index is 0.178. The number of carbonyl (C=O) groups is 1. The summed E-state index contributed by atoms with van der Waals surface area (Å²) in [6.45, 7) is 1.40. The van der Waals surface area contributed by atoms with E-state index in [-0.39, 0.29) is 23.5 Å². The Balaban J connectivity index is 1.92. The number of carboxylic acid groups (broad SMARTS) is 1. The molecule has 0 amide bonds. The van der Waals surface area contributed by atoms with Crippen molar-refractivity contribution in [3.8, 4) is 0 Å². The number of aromatic carboxylic acids is 1. The van der Waals surface area contributed by atoms with Crippen molar-refractivity contribution in [1.82, 2.24) is 0 Å². The highest BCUT2D eigenvalue weighted by Gasteiger charge is 2.34. The predicted octanol–water partition coefficient (Wildman–Crippen LogP) is 1.66. The molecule has 2 unspecified atom stereocenters. The molecule has 2 aliphatic rings. The van der Waals surface area contributed by atoms with Crippen molar-refractivity contribution in [3.05, 3.63) is 33.9 Å². The monoisotopic (exact) mass is 278 g/mol. The molecule has 1 N–H and O–H groups in total. The molecule has 2 fully saturated rings. The number of rotatable bonds is 3. The fourth-order valence-electron chi connectivity index (χ4n) is 2.88. The first kappa shape index (κ1) is 12.9. The second kappa shape index (κ2) is 4.75. The van der Waals surface area contributed by atoms with Gasteiger partial charge in [-0.2, -0.15) is 0 Å². The highest BCUT2D eigenvalue weighted by Crippen LogP contribution is 2.31. The molecule has 2 atom stereocenters. The van der Waals surface area contributed by atoms with E-state index >= 15 is 0 Å². The molecular weight excluding hydrogens is 264 g/mol. The molecule has 0 aromatic heterocycles. The van der Waals surface area contributed by atoms with Gasteiger partial charge in [0, 0.05) is 24.8 Å². The third-order valence-corrected chi connectivity index (χ3v) is 3.82. The third-order valence-electron chi connectivity index (χ3n) is 3.82. The Bertz CT molecular complexity index is 562. The van der Waals surface area contributed by atoms with Crippen LogP contribution in [-0.2, 0) is 4.74 Å². The molecule has 2 aliphatic heterocycles. The number of hydrogen-bond acceptors (Lipinski definition) is 5. The molecule has 1 aromatic carbocycles. The zero-order valence-corrected chi connectivity index (χ0v) is 10.7. The Kier molecular flexibility index (Phi) is 3.06. The molecule has 2 bridgehead atoms. The fourth-order valence-corrected chi connectivity index (χ4v) is 2.88. The fraction of sp³-hybridized carbons (Fsp3) is 0.462. The molecule has 0 aliphatic carbocycles. The van der Waals surface area contributed by atoms with E-state index in [0.29, 0.717) is 18.8 Å². The number of fused-ring (bicyclic) bond motifs is 2. The van der Waals surface area contributed by atoms with Gasteiger partial charge >= 0.3 is 5.97 Å². The summed E-state index contributed by atoms with van der Waals surface area (Å²) in [5, 5.41) is 19.9. The molecule has 0 saturated carbocycles. The lowest BCUT2D eigenvalue weighted by Gasteiger charge is -2.33. The molecule has 7 heteroatoms. The number of nitro benzene ring substituents is 1. The van der Waals surface area contributed by atoms with Crippen LogP contribution in [0.3, 0.4) is 0 Å². The first-order chi connectivity index (χ1) is 9.54. The van der Waals surface area contributed by atoms with Gasteiger partial charge in [-0.15, -0.1) is 0 Å². The van der Waals surface area contributed by atoms with Gasteiger partial charge in [-0.05, 0) is 25.0 Å². The lowest BCUT2D eigenvalue weighted by Crippen LogP contribution is -2.42. The van der Waals surface area contributed by atoms with Crippen molar-refractivity contribution in [3.63, 3.8) is 0 Å². The maximum Gasteiger partial charge on any atom is 0.342 e. The third kappa shape index (κ3) is 2.20. The van der Waals surface area contributed by atoms with Crippen molar-refractivity contribution in [2.45, 2.75) is 25.0 Å². The van der Waals surface area contributed by atoms with Crippen LogP contribution in [0.2, 0.25) is 0 Å². The van der Waals surface area contributed by atoms with Gasteiger partial charge in [0.05, 0.1) is 17.1 Å². The van der Waals surface area contributed by atoms with Gasteiger partial charge in [0.15, 0.2) is 0 Å². The van der Waals surface area contributed by atoms with E-state index in [1.807, 2.05) is 4.90 Å². The number of hydrogen-bond donors (Lipinski definition) is 1. The van der Waals surface area contributed by atoms with E-state index in [1.54, 1.807) is 6.07 Å². The molecular formula is C13H14N2O5. The molecule has 3 rings (SSSR count). The maximum atomic E-state index is 11.2. The molecule has 2 saturated heterocycles. The van der Waals surface area contributed by atoms with Crippen LogP contribution in [0.5, 0.6) is 0 Å². The van der Waals surface area contributed by atoms with Crippen molar-refractivity contribution >= 4 is 17.3 Å². The average Bonchev–Trinajstić information content (AvgIpc) is 2.76. The standard InChI is InChI=1S/C13H14N2O5/c16-13(17)11-5-8(1-4-12(11)15(18)19)14-6-9-2-3-10(7-14)20-9/h1,4-5,9-10H,2-3,6-7H2,(H,16,17). The van der Waals surface area contributed by atoms with Crippen molar-refractivity contribution in [1.29, 1.82) is 0 Å². The minimum Gasteiger partial charge on any atom is -0.477 e. The topological polar surface area (TPSA) is 92.9 Å². The molecule has 1 aromatic rings. The second-order valence-corrected chi connectivity index (χ2v) is 5.13. The number of anilines is 1. The first-order valence-corrected chi connectivity index (χ1v) is 6.46. The normalized spacial score (nSPS) is 24.7. The summed E-state index contributed by atoms with van der Waals surface area (Å²) in [4.78, 5) is 23.4. The van der Waals surface area contributed by atoms with E-state index in [1.165, 1.54) is 12.1 Å². The Morgan fingerprint density at radius 1 is 1.35 bits per heavy atom. The second-order valence-electron chi connectivity index (χ2n) is 5.13. The lowest BCUT2D eigenvalue weighted by molar-refractivity contribution is -0.385. The summed E-state index contributed by atoms with van der Waals surface area (Å²) in [7, 11) is 0. The van der Waals surface area contributed by atoms with Gasteiger partial charge < -0.3 is 14.7 Å². The summed E-state index contributed by atoms with van der Waals surface area (Å²) >= 11 is 0. The predicted molar refractivity (Wildman–Crippen MR) is 70.2 cm³/mol. The summed E-state index contributed by atoms with van der Waals surface area (Å²) in [6, 6.07) is 4.25. The maximum absolute atomic E-state index is 11.2. The van der Waals surface area contributed by atoms with Gasteiger partial charge in [0.25, 0.3) is 5.69 Å². The van der Waals surface area contributed by atoms with Crippen LogP contribution in [0.4, 0.5) is 11.4 Å². The average molecular weight is 278 g/mol. The van der Waals surface area contributed by atoms with E-state index < -0.39 is 10.9 Å². The van der Waals surface area contributed by atoms with Crippen LogP contribution in [0.1, 0.15) is 23.2 Å². The highest BCUT2D eigenvalue weighted by atomic mass is 16.6. The van der Waals surface area contributed by atoms with Gasteiger partial charge in [-0.1, -0.05) is 0 Å². The first-order valence-electron chi connectivity index (χ1n) is 6.46. The van der Waals surface area contributed by atoms with E-state index in [2.05, 4.69) is 0 Å². The van der Waals surface area contributed by atoms with Gasteiger partial charge in [-0.25, -0.2) is 4.79 Å². The van der Waals surface area contributed by atoms with Crippen molar-refractivity contribution < 1.29 is 19.6 Å². The number of carboxylic acids is 1. The number of nitro groups is 1. The van der Waals surface area contributed by atoms with Crippen molar-refractivity contribution in [2.75, 3.05) is 18.0 Å². The Labute approximate surface area is 114 Å². The smallest absolute Gasteiger partial charge is 0.342 e. The molecule has 2 heterocycles. The summed E-state index contributed by atoms with van der Waals surface area (Å²) in [5.41, 5.74) is 0.0528. The van der Waals surface area contributed by atoms with Crippen LogP contribution in [0, 0.1) is 10.1 Å².